The summed E-state index contributed by atoms with van der Waals surface area (Å²) in [4.78, 5) is 12.7. The van der Waals surface area contributed by atoms with E-state index in [-0.39, 0.29) is 17.4 Å². The van der Waals surface area contributed by atoms with Gasteiger partial charge in [0.1, 0.15) is 0 Å². The second-order valence-corrected chi connectivity index (χ2v) is 5.57. The molecule has 0 aromatic carbocycles. The number of aromatic nitrogens is 5. The normalized spacial score (nSPS) is 13.3. The number of nitrogen functional groups attached to an aromatic ring is 1. The first kappa shape index (κ1) is 15.7. The van der Waals surface area contributed by atoms with Gasteiger partial charge < -0.3 is 10.2 Å². The Labute approximate surface area is 148 Å². The minimum absolute atomic E-state index is 0.166. The molecular formula is C18H13N7O. The van der Waals surface area contributed by atoms with Gasteiger partial charge in [-0.3, -0.25) is 4.98 Å². The molecule has 1 aliphatic carbocycles. The molecule has 0 aliphatic heterocycles. The molecule has 126 valence electrons. The molecule has 8 nitrogen and oxygen atoms in total. The lowest BCUT2D eigenvalue weighted by Gasteiger charge is -2.05. The topological polar surface area (TPSA) is 127 Å². The van der Waals surface area contributed by atoms with Crippen molar-refractivity contribution in [2.45, 2.75) is 12.8 Å². The van der Waals surface area contributed by atoms with Gasteiger partial charge in [-0.2, -0.15) is 5.26 Å². The summed E-state index contributed by atoms with van der Waals surface area (Å²) in [6.45, 7) is 0. The van der Waals surface area contributed by atoms with E-state index in [1.54, 1.807) is 18.5 Å². The standard InChI is InChI=1S/C18H13N7O/c19-8-12-6-7-21-9-13(12)14-10-22-16(20)15(23-14)18-25-24-17(26-18)11-4-2-1-3-5-11/h2,4-7,9-10H,1,3H2,(H2,20,22). The van der Waals surface area contributed by atoms with Crippen LogP contribution in [0.3, 0.4) is 0 Å². The number of nitrogens with zero attached hydrogens (tertiary/aromatic N) is 6. The van der Waals surface area contributed by atoms with E-state index in [2.05, 4.69) is 37.3 Å². The zero-order valence-electron chi connectivity index (χ0n) is 13.6. The summed E-state index contributed by atoms with van der Waals surface area (Å²) >= 11 is 0. The molecule has 1 aliphatic rings. The summed E-state index contributed by atoms with van der Waals surface area (Å²) in [7, 11) is 0. The molecule has 4 rings (SSSR count). The number of hydrogen-bond acceptors (Lipinski definition) is 8. The predicted molar refractivity (Wildman–Crippen MR) is 94.0 cm³/mol. The van der Waals surface area contributed by atoms with Crippen LogP contribution in [-0.4, -0.2) is 25.1 Å². The molecule has 0 spiro atoms. The van der Waals surface area contributed by atoms with Gasteiger partial charge in [-0.15, -0.1) is 10.2 Å². The van der Waals surface area contributed by atoms with E-state index in [1.807, 2.05) is 12.2 Å². The Balaban J connectivity index is 1.76. The van der Waals surface area contributed by atoms with Crippen LogP contribution in [0.4, 0.5) is 5.82 Å². The smallest absolute Gasteiger partial charge is 0.270 e. The molecule has 0 amide bonds. The van der Waals surface area contributed by atoms with Crippen LogP contribution in [0.2, 0.25) is 0 Å². The average Bonchev–Trinajstić information content (AvgIpc) is 3.19. The van der Waals surface area contributed by atoms with Crippen LogP contribution in [0.5, 0.6) is 0 Å². The molecule has 2 N–H and O–H groups in total. The van der Waals surface area contributed by atoms with Crippen LogP contribution in [0.1, 0.15) is 24.3 Å². The van der Waals surface area contributed by atoms with Crippen LogP contribution < -0.4 is 5.73 Å². The largest absolute Gasteiger partial charge is 0.414 e. The summed E-state index contributed by atoms with van der Waals surface area (Å²) in [5, 5.41) is 17.4. The Bertz CT molecular complexity index is 1080. The molecule has 0 bridgehead atoms. The molecule has 3 heterocycles. The first-order valence-electron chi connectivity index (χ1n) is 7.94. The molecule has 3 aromatic rings. The number of pyridine rings is 1. The third-order valence-corrected chi connectivity index (χ3v) is 3.89. The van der Waals surface area contributed by atoms with Crippen molar-refractivity contribution in [3.8, 4) is 28.9 Å². The summed E-state index contributed by atoms with van der Waals surface area (Å²) in [5.74, 6) is 0.746. The van der Waals surface area contributed by atoms with Crippen molar-refractivity contribution in [1.82, 2.24) is 25.1 Å². The monoisotopic (exact) mass is 343 g/mol. The van der Waals surface area contributed by atoms with Gasteiger partial charge in [0.25, 0.3) is 5.89 Å². The number of rotatable bonds is 3. The number of anilines is 1. The minimum atomic E-state index is 0.166. The van der Waals surface area contributed by atoms with E-state index >= 15 is 0 Å². The predicted octanol–water partition coefficient (Wildman–Crippen LogP) is 2.78. The third kappa shape index (κ3) is 2.82. The minimum Gasteiger partial charge on any atom is -0.414 e. The highest BCUT2D eigenvalue weighted by Gasteiger charge is 2.18. The van der Waals surface area contributed by atoms with Crippen molar-refractivity contribution in [2.24, 2.45) is 0 Å². The van der Waals surface area contributed by atoms with Crippen LogP contribution in [0.15, 0.2) is 47.3 Å². The average molecular weight is 343 g/mol. The zero-order valence-corrected chi connectivity index (χ0v) is 13.6. The van der Waals surface area contributed by atoms with Crippen molar-refractivity contribution in [2.75, 3.05) is 5.73 Å². The summed E-state index contributed by atoms with van der Waals surface area (Å²) in [6, 6.07) is 3.72. The van der Waals surface area contributed by atoms with E-state index in [1.165, 1.54) is 6.20 Å². The van der Waals surface area contributed by atoms with Crippen molar-refractivity contribution in [3.63, 3.8) is 0 Å². The van der Waals surface area contributed by atoms with Crippen molar-refractivity contribution in [3.05, 3.63) is 54.3 Å². The Morgan fingerprint density at radius 3 is 2.85 bits per heavy atom. The van der Waals surface area contributed by atoms with Crippen LogP contribution in [-0.2, 0) is 0 Å². The van der Waals surface area contributed by atoms with Crippen molar-refractivity contribution < 1.29 is 4.42 Å². The van der Waals surface area contributed by atoms with Crippen LogP contribution >= 0.6 is 0 Å². The molecule has 3 aromatic heterocycles. The zero-order chi connectivity index (χ0) is 17.9. The number of hydrogen-bond donors (Lipinski definition) is 1. The van der Waals surface area contributed by atoms with Gasteiger partial charge in [-0.05, 0) is 18.9 Å². The summed E-state index contributed by atoms with van der Waals surface area (Å²) in [6.07, 6.45) is 12.6. The molecule has 0 radical (unpaired) electrons. The lowest BCUT2D eigenvalue weighted by Crippen LogP contribution is -2.00. The molecule has 0 saturated carbocycles. The third-order valence-electron chi connectivity index (χ3n) is 3.89. The quantitative estimate of drug-likeness (QED) is 0.769. The van der Waals surface area contributed by atoms with Crippen molar-refractivity contribution in [1.29, 1.82) is 5.26 Å². The number of nitriles is 1. The second kappa shape index (κ2) is 6.57. The lowest BCUT2D eigenvalue weighted by atomic mass is 10.1. The molecule has 0 saturated heterocycles. The molecule has 0 unspecified atom stereocenters. The van der Waals surface area contributed by atoms with Gasteiger partial charge in [0, 0.05) is 23.5 Å². The highest BCUT2D eigenvalue weighted by atomic mass is 16.4. The van der Waals surface area contributed by atoms with Gasteiger partial charge in [0.15, 0.2) is 11.5 Å². The Morgan fingerprint density at radius 2 is 2.04 bits per heavy atom. The maximum atomic E-state index is 9.26. The van der Waals surface area contributed by atoms with Gasteiger partial charge in [-0.25, -0.2) is 9.97 Å². The summed E-state index contributed by atoms with van der Waals surface area (Å²) < 4.78 is 5.73. The van der Waals surface area contributed by atoms with Gasteiger partial charge >= 0.3 is 0 Å². The Kier molecular flexibility index (Phi) is 3.95. The first-order valence-corrected chi connectivity index (χ1v) is 7.94. The van der Waals surface area contributed by atoms with E-state index < -0.39 is 0 Å². The van der Waals surface area contributed by atoms with Crippen molar-refractivity contribution >= 4 is 11.4 Å². The van der Waals surface area contributed by atoms with Crippen LogP contribution in [0.25, 0.3) is 28.4 Å². The summed E-state index contributed by atoms with van der Waals surface area (Å²) in [5.41, 5.74) is 8.54. The van der Waals surface area contributed by atoms with Gasteiger partial charge in [-0.1, -0.05) is 18.2 Å². The molecule has 8 heteroatoms. The van der Waals surface area contributed by atoms with Gasteiger partial charge in [0.2, 0.25) is 5.89 Å². The number of nitrogens with two attached hydrogens (primary N) is 1. The Hall–Kier alpha value is -3.86. The van der Waals surface area contributed by atoms with E-state index in [4.69, 9.17) is 10.2 Å². The highest BCUT2D eigenvalue weighted by Crippen LogP contribution is 2.28. The second-order valence-electron chi connectivity index (χ2n) is 5.57. The SMILES string of the molecule is N#Cc1ccncc1-c1cnc(N)c(-c2nnc(C3=CCCC=C3)o2)n1. The van der Waals surface area contributed by atoms with E-state index in [0.717, 1.165) is 18.4 Å². The molecular weight excluding hydrogens is 330 g/mol. The molecule has 26 heavy (non-hydrogen) atoms. The van der Waals surface area contributed by atoms with Crippen LogP contribution in [0, 0.1) is 11.3 Å². The van der Waals surface area contributed by atoms with Gasteiger partial charge in [0.05, 0.1) is 23.5 Å². The fourth-order valence-corrected chi connectivity index (χ4v) is 2.59. The maximum absolute atomic E-state index is 9.26. The van der Waals surface area contributed by atoms with E-state index in [9.17, 15) is 5.26 Å². The maximum Gasteiger partial charge on any atom is 0.270 e. The molecule has 0 fully saturated rings. The highest BCUT2D eigenvalue weighted by molar-refractivity contribution is 5.73. The number of allylic oxidation sites excluding steroid dienone is 4. The Morgan fingerprint density at radius 1 is 1.15 bits per heavy atom. The fraction of sp³-hybridized carbons (Fsp3) is 0.111. The van der Waals surface area contributed by atoms with E-state index in [0.29, 0.717) is 22.7 Å². The lowest BCUT2D eigenvalue weighted by molar-refractivity contribution is 0.552. The molecule has 0 atom stereocenters. The fourth-order valence-electron chi connectivity index (χ4n) is 2.59. The first-order chi connectivity index (χ1) is 12.8.